The number of carbonyl (C=O) groups is 1. The summed E-state index contributed by atoms with van der Waals surface area (Å²) in [5, 5.41) is 13.8. The molecule has 2 rings (SSSR count). The molecule has 0 unspecified atom stereocenters. The summed E-state index contributed by atoms with van der Waals surface area (Å²) < 4.78 is 1.75. The molecule has 1 amide bonds. The second kappa shape index (κ2) is 8.47. The minimum absolute atomic E-state index is 0.153. The predicted molar refractivity (Wildman–Crippen MR) is 104 cm³/mol. The maximum absolute atomic E-state index is 11.7. The summed E-state index contributed by atoms with van der Waals surface area (Å²) in [5.74, 6) is 0.0169. The van der Waals surface area contributed by atoms with E-state index in [-0.39, 0.29) is 11.7 Å². The van der Waals surface area contributed by atoms with Crippen molar-refractivity contribution in [1.82, 2.24) is 5.43 Å². The zero-order valence-electron chi connectivity index (χ0n) is 11.6. The lowest BCUT2D eigenvalue weighted by molar-refractivity contribution is -0.121. The van der Waals surface area contributed by atoms with Crippen molar-refractivity contribution in [3.05, 3.63) is 60.7 Å². The van der Waals surface area contributed by atoms with E-state index in [9.17, 15) is 9.90 Å². The fourth-order valence-electron chi connectivity index (χ4n) is 1.82. The molecule has 0 saturated carbocycles. The molecule has 0 aromatic heterocycles. The third-order valence-electron chi connectivity index (χ3n) is 2.93. The van der Waals surface area contributed by atoms with Crippen molar-refractivity contribution in [3.63, 3.8) is 0 Å². The quantitative estimate of drug-likeness (QED) is 0.359. The number of nitrogens with one attached hydrogen (secondary N) is 1. The number of amides is 1. The molecule has 2 aromatic carbocycles. The van der Waals surface area contributed by atoms with Crippen molar-refractivity contribution < 1.29 is 9.90 Å². The Morgan fingerprint density at radius 1 is 1.23 bits per heavy atom. The fraction of sp³-hybridized carbons (Fsp3) is 0.125. The summed E-state index contributed by atoms with van der Waals surface area (Å²) in [4.78, 5) is 11.7. The van der Waals surface area contributed by atoms with Crippen molar-refractivity contribution in [2.24, 2.45) is 5.10 Å². The molecule has 0 bridgehead atoms. The molecule has 0 atom stereocenters. The number of benzene rings is 2. The third kappa shape index (κ3) is 5.24. The number of carbonyl (C=O) groups excluding carboxylic acids is 1. The summed E-state index contributed by atoms with van der Waals surface area (Å²) in [7, 11) is 0. The highest BCUT2D eigenvalue weighted by Gasteiger charge is 2.05. The summed E-state index contributed by atoms with van der Waals surface area (Å²) in [5.41, 5.74) is 4.18. The standard InChI is InChI=1S/C16H14I2N2O2/c17-13-8-12(16(22)14(18)9-13)10-19-20-15(21)7-6-11-4-2-1-3-5-11/h1-5,8-10,22H,6-7H2,(H,20,21)/b19-10-. The first-order valence-electron chi connectivity index (χ1n) is 6.60. The van der Waals surface area contributed by atoms with Gasteiger partial charge in [-0.3, -0.25) is 4.79 Å². The first kappa shape index (κ1) is 17.2. The van der Waals surface area contributed by atoms with Crippen molar-refractivity contribution in [2.75, 3.05) is 0 Å². The van der Waals surface area contributed by atoms with Gasteiger partial charge < -0.3 is 5.11 Å². The molecule has 2 aromatic rings. The molecule has 114 valence electrons. The second-order valence-corrected chi connectivity index (χ2v) is 7.01. The van der Waals surface area contributed by atoms with Crippen LogP contribution in [0.3, 0.4) is 0 Å². The van der Waals surface area contributed by atoms with Crippen molar-refractivity contribution >= 4 is 57.3 Å². The van der Waals surface area contributed by atoms with E-state index in [1.54, 1.807) is 6.07 Å². The zero-order valence-corrected chi connectivity index (χ0v) is 15.9. The molecule has 22 heavy (non-hydrogen) atoms. The van der Waals surface area contributed by atoms with Crippen LogP contribution in [-0.2, 0) is 11.2 Å². The molecule has 0 fully saturated rings. The van der Waals surface area contributed by atoms with Gasteiger partial charge >= 0.3 is 0 Å². The van der Waals surface area contributed by atoms with Gasteiger partial charge in [0.2, 0.25) is 5.91 Å². The molecule has 0 radical (unpaired) electrons. The Morgan fingerprint density at radius 3 is 2.68 bits per heavy atom. The maximum Gasteiger partial charge on any atom is 0.240 e. The van der Waals surface area contributed by atoms with E-state index in [1.165, 1.54) is 6.21 Å². The Morgan fingerprint density at radius 2 is 1.95 bits per heavy atom. The lowest BCUT2D eigenvalue weighted by Crippen LogP contribution is -2.17. The van der Waals surface area contributed by atoms with Crippen LogP contribution in [0.25, 0.3) is 0 Å². The number of hydrogen-bond acceptors (Lipinski definition) is 3. The zero-order chi connectivity index (χ0) is 15.9. The number of rotatable bonds is 5. The van der Waals surface area contributed by atoms with Gasteiger partial charge in [0.05, 0.1) is 9.78 Å². The van der Waals surface area contributed by atoms with Gasteiger partial charge in [0.15, 0.2) is 0 Å². The van der Waals surface area contributed by atoms with Gasteiger partial charge in [-0.25, -0.2) is 5.43 Å². The molecule has 0 saturated heterocycles. The van der Waals surface area contributed by atoms with Gasteiger partial charge in [0.25, 0.3) is 0 Å². The highest BCUT2D eigenvalue weighted by molar-refractivity contribution is 14.1. The van der Waals surface area contributed by atoms with Crippen LogP contribution in [0.1, 0.15) is 17.5 Å². The van der Waals surface area contributed by atoms with Gasteiger partial charge in [-0.1, -0.05) is 30.3 Å². The van der Waals surface area contributed by atoms with Crippen LogP contribution in [0.2, 0.25) is 0 Å². The summed E-state index contributed by atoms with van der Waals surface area (Å²) in [6, 6.07) is 13.5. The average molecular weight is 520 g/mol. The van der Waals surface area contributed by atoms with Crippen molar-refractivity contribution in [1.29, 1.82) is 0 Å². The number of aryl methyl sites for hydroxylation is 1. The number of hydrazone groups is 1. The SMILES string of the molecule is O=C(CCc1ccccc1)N/N=C\c1cc(I)cc(I)c1O. The van der Waals surface area contributed by atoms with Gasteiger partial charge in [-0.15, -0.1) is 0 Å². The molecule has 2 N–H and O–H groups in total. The van der Waals surface area contributed by atoms with Gasteiger partial charge in [0, 0.05) is 15.6 Å². The molecule has 0 heterocycles. The Kier molecular flexibility index (Phi) is 6.62. The molecule has 0 aliphatic rings. The van der Waals surface area contributed by atoms with Gasteiger partial charge in [-0.2, -0.15) is 5.10 Å². The van der Waals surface area contributed by atoms with E-state index in [0.29, 0.717) is 18.4 Å². The van der Waals surface area contributed by atoms with Crippen LogP contribution in [0.5, 0.6) is 5.75 Å². The van der Waals surface area contributed by atoms with Crippen LogP contribution < -0.4 is 5.43 Å². The molecule has 0 aliphatic carbocycles. The highest BCUT2D eigenvalue weighted by atomic mass is 127. The number of hydrogen-bond donors (Lipinski definition) is 2. The Balaban J connectivity index is 1.88. The first-order chi connectivity index (χ1) is 10.6. The number of phenols is 1. The average Bonchev–Trinajstić information content (AvgIpc) is 2.51. The molecule has 6 heteroatoms. The summed E-state index contributed by atoms with van der Waals surface area (Å²) >= 11 is 4.22. The summed E-state index contributed by atoms with van der Waals surface area (Å²) in [6.45, 7) is 0. The second-order valence-electron chi connectivity index (χ2n) is 4.60. The minimum Gasteiger partial charge on any atom is -0.506 e. The van der Waals surface area contributed by atoms with Gasteiger partial charge in [0.1, 0.15) is 5.75 Å². The minimum atomic E-state index is -0.153. The maximum atomic E-state index is 11.7. The third-order valence-corrected chi connectivity index (χ3v) is 4.38. The number of halogens is 2. The Bertz CT molecular complexity index is 688. The largest absolute Gasteiger partial charge is 0.506 e. The van der Waals surface area contributed by atoms with Crippen LogP contribution >= 0.6 is 45.2 Å². The lowest BCUT2D eigenvalue weighted by atomic mass is 10.1. The molecule has 4 nitrogen and oxygen atoms in total. The van der Waals surface area contributed by atoms with Crippen LogP contribution in [0.15, 0.2) is 47.6 Å². The smallest absolute Gasteiger partial charge is 0.240 e. The van der Waals surface area contributed by atoms with E-state index < -0.39 is 0 Å². The van der Waals surface area contributed by atoms with E-state index in [0.717, 1.165) is 12.7 Å². The van der Waals surface area contributed by atoms with E-state index in [4.69, 9.17) is 0 Å². The molecule has 0 spiro atoms. The fourth-order valence-corrected chi connectivity index (χ4v) is 3.71. The van der Waals surface area contributed by atoms with Gasteiger partial charge in [-0.05, 0) is 69.3 Å². The lowest BCUT2D eigenvalue weighted by Gasteiger charge is -2.03. The molecular formula is C16H14I2N2O2. The topological polar surface area (TPSA) is 61.7 Å². The monoisotopic (exact) mass is 520 g/mol. The van der Waals surface area contributed by atoms with E-state index >= 15 is 0 Å². The normalized spacial score (nSPS) is 10.8. The highest BCUT2D eigenvalue weighted by Crippen LogP contribution is 2.25. The van der Waals surface area contributed by atoms with Crippen LogP contribution in [-0.4, -0.2) is 17.2 Å². The first-order valence-corrected chi connectivity index (χ1v) is 8.76. The Labute approximate surface area is 156 Å². The molecular weight excluding hydrogens is 506 g/mol. The summed E-state index contributed by atoms with van der Waals surface area (Å²) in [6.07, 6.45) is 2.51. The number of phenolic OH excluding ortho intramolecular Hbond substituents is 1. The molecule has 0 aliphatic heterocycles. The predicted octanol–water partition coefficient (Wildman–Crippen LogP) is 3.68. The van der Waals surface area contributed by atoms with E-state index in [1.807, 2.05) is 36.4 Å². The number of aromatic hydroxyl groups is 1. The van der Waals surface area contributed by atoms with E-state index in [2.05, 4.69) is 55.7 Å². The Hall–Kier alpha value is -1.16. The van der Waals surface area contributed by atoms with Crippen molar-refractivity contribution in [3.8, 4) is 5.75 Å². The van der Waals surface area contributed by atoms with Crippen LogP contribution in [0, 0.1) is 7.14 Å². The van der Waals surface area contributed by atoms with Crippen molar-refractivity contribution in [2.45, 2.75) is 12.8 Å². The number of nitrogens with zero attached hydrogens (tertiary/aromatic N) is 1. The van der Waals surface area contributed by atoms with Crippen LogP contribution in [0.4, 0.5) is 0 Å².